The van der Waals surface area contributed by atoms with Crippen molar-refractivity contribution in [1.29, 1.82) is 0 Å². The number of carbonyl (C=O) groups is 2. The van der Waals surface area contributed by atoms with Gasteiger partial charge in [0.25, 0.3) is 5.91 Å². The van der Waals surface area contributed by atoms with E-state index < -0.39 is 12.0 Å². The largest absolute Gasteiger partial charge is 0.467 e. The number of amides is 1. The Balaban J connectivity index is 2.64. The second kappa shape index (κ2) is 7.88. The summed E-state index contributed by atoms with van der Waals surface area (Å²) < 4.78 is 4.66. The molecule has 0 spiro atoms. The van der Waals surface area contributed by atoms with Gasteiger partial charge in [0.1, 0.15) is 6.04 Å². The van der Waals surface area contributed by atoms with E-state index in [1.165, 1.54) is 19.5 Å². The fourth-order valence-electron chi connectivity index (χ4n) is 1.54. The molecule has 1 amide bonds. The van der Waals surface area contributed by atoms with Crippen molar-refractivity contribution >= 4 is 11.9 Å². The van der Waals surface area contributed by atoms with Crippen LogP contribution in [0.2, 0.25) is 0 Å². The van der Waals surface area contributed by atoms with E-state index >= 15 is 0 Å². The normalized spacial score (nSPS) is 11.2. The summed E-state index contributed by atoms with van der Waals surface area (Å²) in [5.41, 5.74) is 0.445. The minimum atomic E-state index is -0.681. The van der Waals surface area contributed by atoms with Gasteiger partial charge in [0.05, 0.1) is 7.11 Å². The van der Waals surface area contributed by atoms with E-state index in [0.717, 1.165) is 0 Å². The van der Waals surface area contributed by atoms with Crippen molar-refractivity contribution in [3.8, 4) is 12.3 Å². The number of rotatable bonds is 6. The van der Waals surface area contributed by atoms with Crippen LogP contribution in [-0.4, -0.2) is 30.0 Å². The summed E-state index contributed by atoms with van der Waals surface area (Å²) in [5, 5.41) is 2.63. The van der Waals surface area contributed by atoms with Crippen LogP contribution in [0.1, 0.15) is 29.6 Å². The molecule has 0 aliphatic heterocycles. The third-order valence-corrected chi connectivity index (χ3v) is 2.55. The van der Waals surface area contributed by atoms with E-state index in [9.17, 15) is 9.59 Å². The van der Waals surface area contributed by atoms with Crippen molar-refractivity contribution in [3.63, 3.8) is 0 Å². The fraction of sp³-hybridized carbons (Fsp3) is 0.357. The molecule has 1 aromatic heterocycles. The van der Waals surface area contributed by atoms with E-state index in [1.54, 1.807) is 12.1 Å². The minimum absolute atomic E-state index is 0.335. The highest BCUT2D eigenvalue weighted by atomic mass is 16.5. The molecule has 1 N–H and O–H groups in total. The molecular formula is C14H16N2O3. The molecule has 0 fully saturated rings. The molecule has 19 heavy (non-hydrogen) atoms. The van der Waals surface area contributed by atoms with Gasteiger partial charge in [-0.05, 0) is 25.0 Å². The van der Waals surface area contributed by atoms with E-state index in [4.69, 9.17) is 6.42 Å². The maximum absolute atomic E-state index is 11.9. The van der Waals surface area contributed by atoms with Gasteiger partial charge in [-0.3, -0.25) is 9.78 Å². The quantitative estimate of drug-likeness (QED) is 0.473. The van der Waals surface area contributed by atoms with Crippen LogP contribution in [0.25, 0.3) is 0 Å². The Morgan fingerprint density at radius 1 is 1.47 bits per heavy atom. The first-order chi connectivity index (χ1) is 9.19. The fourth-order valence-corrected chi connectivity index (χ4v) is 1.54. The lowest BCUT2D eigenvalue weighted by Crippen LogP contribution is -2.41. The molecule has 5 heteroatoms. The molecule has 0 aliphatic rings. The summed E-state index contributed by atoms with van der Waals surface area (Å²) >= 11 is 0. The second-order valence-electron chi connectivity index (χ2n) is 3.88. The molecule has 1 atom stereocenters. The maximum atomic E-state index is 11.9. The van der Waals surface area contributed by atoms with Crippen LogP contribution in [0.3, 0.4) is 0 Å². The third kappa shape index (κ3) is 4.80. The Hall–Kier alpha value is -2.35. The van der Waals surface area contributed by atoms with Gasteiger partial charge in [-0.1, -0.05) is 0 Å². The number of hydrogen-bond acceptors (Lipinski definition) is 4. The molecule has 0 radical (unpaired) electrons. The number of methoxy groups -OCH3 is 1. The molecule has 0 bridgehead atoms. The molecular weight excluding hydrogens is 244 g/mol. The van der Waals surface area contributed by atoms with Crippen LogP contribution >= 0.6 is 0 Å². The molecule has 5 nitrogen and oxygen atoms in total. The van der Waals surface area contributed by atoms with E-state index in [-0.39, 0.29) is 5.91 Å². The Morgan fingerprint density at radius 3 is 2.74 bits per heavy atom. The highest BCUT2D eigenvalue weighted by Crippen LogP contribution is 2.05. The molecule has 100 valence electrons. The van der Waals surface area contributed by atoms with Gasteiger partial charge < -0.3 is 10.1 Å². The SMILES string of the molecule is C#CCCC[C@H](NC(=O)c1ccncc1)C(=O)OC. The minimum Gasteiger partial charge on any atom is -0.467 e. The third-order valence-electron chi connectivity index (χ3n) is 2.55. The monoisotopic (exact) mass is 260 g/mol. The smallest absolute Gasteiger partial charge is 0.328 e. The van der Waals surface area contributed by atoms with Gasteiger partial charge in [0.2, 0.25) is 0 Å². The summed E-state index contributed by atoms with van der Waals surface area (Å²) in [5.74, 6) is 1.68. The van der Waals surface area contributed by atoms with E-state index in [2.05, 4.69) is 21.0 Å². The summed E-state index contributed by atoms with van der Waals surface area (Å²) in [7, 11) is 1.29. The number of nitrogens with zero attached hydrogens (tertiary/aromatic N) is 1. The maximum Gasteiger partial charge on any atom is 0.328 e. The van der Waals surface area contributed by atoms with Crippen LogP contribution in [0, 0.1) is 12.3 Å². The first-order valence-corrected chi connectivity index (χ1v) is 5.91. The molecule has 0 saturated heterocycles. The van der Waals surface area contributed by atoms with Gasteiger partial charge >= 0.3 is 5.97 Å². The van der Waals surface area contributed by atoms with Gasteiger partial charge in [0, 0.05) is 24.4 Å². The Morgan fingerprint density at radius 2 is 2.16 bits per heavy atom. The molecule has 1 heterocycles. The molecule has 0 saturated carbocycles. The highest BCUT2D eigenvalue weighted by molar-refractivity contribution is 5.96. The first kappa shape index (κ1) is 14.7. The Labute approximate surface area is 112 Å². The van der Waals surface area contributed by atoms with Crippen molar-refractivity contribution < 1.29 is 14.3 Å². The van der Waals surface area contributed by atoms with E-state index in [0.29, 0.717) is 24.8 Å². The topological polar surface area (TPSA) is 68.3 Å². The van der Waals surface area contributed by atoms with Crippen LogP contribution < -0.4 is 5.32 Å². The number of unbranched alkanes of at least 4 members (excludes halogenated alkanes) is 1. The van der Waals surface area contributed by atoms with Crippen molar-refractivity contribution in [2.75, 3.05) is 7.11 Å². The van der Waals surface area contributed by atoms with Gasteiger partial charge in [-0.2, -0.15) is 0 Å². The summed E-state index contributed by atoms with van der Waals surface area (Å²) in [4.78, 5) is 27.3. The molecule has 0 unspecified atom stereocenters. The summed E-state index contributed by atoms with van der Waals surface area (Å²) in [6.07, 6.45) is 9.84. The van der Waals surface area contributed by atoms with Gasteiger partial charge in [-0.15, -0.1) is 12.3 Å². The average molecular weight is 260 g/mol. The number of ether oxygens (including phenoxy) is 1. The van der Waals surface area contributed by atoms with Crippen molar-refractivity contribution in [1.82, 2.24) is 10.3 Å². The van der Waals surface area contributed by atoms with Crippen LogP contribution in [0.4, 0.5) is 0 Å². The lowest BCUT2D eigenvalue weighted by Gasteiger charge is -2.15. The summed E-state index contributed by atoms with van der Waals surface area (Å²) in [6.45, 7) is 0. The Kier molecular flexibility index (Phi) is 6.10. The molecule has 1 aromatic rings. The van der Waals surface area contributed by atoms with E-state index in [1.807, 2.05) is 0 Å². The van der Waals surface area contributed by atoms with Crippen LogP contribution in [0.5, 0.6) is 0 Å². The van der Waals surface area contributed by atoms with Gasteiger partial charge in [-0.25, -0.2) is 4.79 Å². The lowest BCUT2D eigenvalue weighted by molar-refractivity contribution is -0.143. The van der Waals surface area contributed by atoms with Crippen LogP contribution in [0.15, 0.2) is 24.5 Å². The predicted molar refractivity (Wildman–Crippen MR) is 70.2 cm³/mol. The molecule has 0 aromatic carbocycles. The number of carbonyl (C=O) groups excluding carboxylic acids is 2. The Bertz CT molecular complexity index is 465. The zero-order chi connectivity index (χ0) is 14.1. The van der Waals surface area contributed by atoms with Crippen molar-refractivity contribution in [3.05, 3.63) is 30.1 Å². The summed E-state index contributed by atoms with van der Waals surface area (Å²) in [6, 6.07) is 2.47. The molecule has 0 aliphatic carbocycles. The zero-order valence-corrected chi connectivity index (χ0v) is 10.8. The van der Waals surface area contributed by atoms with Gasteiger partial charge in [0.15, 0.2) is 0 Å². The number of terminal acetylenes is 1. The lowest BCUT2D eigenvalue weighted by atomic mass is 10.1. The second-order valence-corrected chi connectivity index (χ2v) is 3.88. The average Bonchev–Trinajstić information content (AvgIpc) is 2.46. The van der Waals surface area contributed by atoms with Crippen molar-refractivity contribution in [2.45, 2.75) is 25.3 Å². The van der Waals surface area contributed by atoms with Crippen molar-refractivity contribution in [2.24, 2.45) is 0 Å². The zero-order valence-electron chi connectivity index (χ0n) is 10.8. The number of nitrogens with one attached hydrogen (secondary N) is 1. The predicted octanol–water partition coefficient (Wildman–Crippen LogP) is 1.16. The number of esters is 1. The first-order valence-electron chi connectivity index (χ1n) is 5.91. The number of aromatic nitrogens is 1. The number of pyridine rings is 1. The number of hydrogen-bond donors (Lipinski definition) is 1. The van der Waals surface area contributed by atoms with Crippen LogP contribution in [-0.2, 0) is 9.53 Å². The molecule has 1 rings (SSSR count). The standard InChI is InChI=1S/C14H16N2O3/c1-3-4-5-6-12(14(18)19-2)16-13(17)11-7-9-15-10-8-11/h1,7-10,12H,4-6H2,2H3,(H,16,17)/t12-/m0/s1. The highest BCUT2D eigenvalue weighted by Gasteiger charge is 2.21.